The van der Waals surface area contributed by atoms with E-state index < -0.39 is 24.3 Å². The maximum Gasteiger partial charge on any atom is 0.407 e. The number of aromatic amines is 1. The second-order valence-electron chi connectivity index (χ2n) is 18.3. The van der Waals surface area contributed by atoms with Crippen LogP contribution in [0.5, 0.6) is 5.75 Å². The van der Waals surface area contributed by atoms with Gasteiger partial charge in [0.05, 0.1) is 43.9 Å². The molecule has 6 atom stereocenters. The highest BCUT2D eigenvalue weighted by Gasteiger charge is 2.45. The van der Waals surface area contributed by atoms with E-state index in [4.69, 9.17) is 28.9 Å². The van der Waals surface area contributed by atoms with E-state index in [0.717, 1.165) is 99.4 Å². The van der Waals surface area contributed by atoms with Crippen molar-refractivity contribution < 1.29 is 38.1 Å². The number of nitrogens with one attached hydrogen (secondary N) is 3. The Bertz CT molecular complexity index is 2490. The molecule has 15 nitrogen and oxygen atoms in total. The topological polar surface area (TPSA) is 177 Å². The number of hydrogen-bond donors (Lipinski definition) is 3. The van der Waals surface area contributed by atoms with Crippen molar-refractivity contribution in [1.82, 2.24) is 30.4 Å². The fraction of sp³-hybridized carbons (Fsp3) is 0.510. The lowest BCUT2D eigenvalue weighted by Crippen LogP contribution is -2.55. The summed E-state index contributed by atoms with van der Waals surface area (Å²) >= 11 is 0. The number of carbonyl (C=O) groups is 4. The average Bonchev–Trinajstić information content (AvgIpc) is 4.14. The molecule has 3 aromatic carbocycles. The third-order valence-electron chi connectivity index (χ3n) is 14.2. The van der Waals surface area contributed by atoms with Crippen LogP contribution >= 0.6 is 0 Å². The molecule has 0 saturated carbocycles. The number of H-pyrrole nitrogens is 1. The van der Waals surface area contributed by atoms with Crippen molar-refractivity contribution in [3.8, 4) is 28.1 Å². The lowest BCUT2D eigenvalue weighted by Gasteiger charge is -2.36. The van der Waals surface area contributed by atoms with Gasteiger partial charge in [-0.2, -0.15) is 0 Å². The monoisotopic (exact) mass is 873 g/mol. The minimum atomic E-state index is -0.710. The zero-order valence-corrected chi connectivity index (χ0v) is 37.6. The number of aliphatic imine (C=N–C) groups is 1. The summed E-state index contributed by atoms with van der Waals surface area (Å²) < 4.78 is 21.9. The van der Waals surface area contributed by atoms with Crippen LogP contribution in [0.15, 0.2) is 53.7 Å². The number of amides is 4. The van der Waals surface area contributed by atoms with Gasteiger partial charge in [-0.3, -0.25) is 14.6 Å². The van der Waals surface area contributed by atoms with Crippen molar-refractivity contribution >= 4 is 46.2 Å². The molecule has 64 heavy (non-hydrogen) atoms. The SMILES string of the molecule is CC[C@H]1CC[C@@H](c2ncc(-c3ccc4c(c3)COc3cc5c6c(ccc5cc3-4)N=C(C3CC[C@H](C)N3C(=O)[C@@H](NC(=O)OC)C(C)C)C6)[nH]2)N1C(=O)[C@@H](NC(=O)OC)C1CCOCC1. The molecule has 338 valence electrons. The van der Waals surface area contributed by atoms with Crippen LogP contribution in [-0.4, -0.2) is 107 Å². The zero-order valence-electron chi connectivity index (χ0n) is 37.6. The van der Waals surface area contributed by atoms with Crippen LogP contribution in [0.2, 0.25) is 0 Å². The molecular weight excluding hydrogens is 815 g/mol. The summed E-state index contributed by atoms with van der Waals surface area (Å²) in [5, 5.41) is 7.80. The number of ether oxygens (including phenoxy) is 4. The Morgan fingerprint density at radius 2 is 1.64 bits per heavy atom. The molecule has 1 aromatic heterocycles. The molecule has 0 radical (unpaired) electrons. The van der Waals surface area contributed by atoms with Gasteiger partial charge in [0.25, 0.3) is 0 Å². The van der Waals surface area contributed by atoms with Crippen molar-refractivity contribution in [3.05, 3.63) is 65.6 Å². The highest BCUT2D eigenvalue weighted by atomic mass is 16.5. The van der Waals surface area contributed by atoms with E-state index >= 15 is 0 Å². The maximum absolute atomic E-state index is 14.4. The molecule has 3 N–H and O–H groups in total. The smallest absolute Gasteiger partial charge is 0.407 e. The molecule has 1 unspecified atom stereocenters. The lowest BCUT2D eigenvalue weighted by atomic mass is 9.90. The van der Waals surface area contributed by atoms with E-state index in [1.54, 1.807) is 0 Å². The van der Waals surface area contributed by atoms with Gasteiger partial charge < -0.3 is 44.4 Å². The normalized spacial score (nSPS) is 22.6. The standard InChI is InChI=1S/C49H59N7O8/c1-7-32-11-15-41(56(32)47(58)44(54-49(60)62-6)28-16-18-63-19-17-28)45-50-24-39(52-45)30-9-12-33-31(20-30)25-64-42-23-34-29(21-36(33)42)10-13-37-35(34)22-38(51-37)40-14-8-27(4)55(40)46(57)43(26(2)3)53-48(59)61-5/h9-10,12-13,20-21,23-24,26-28,32,40-41,43-44H,7-8,11,14-19,22,25H2,1-6H3,(H,50,52)(H,53,59)(H,54,60)/t27-,32-,40?,41-,43-,44-/m0/s1. The molecule has 4 aromatic rings. The first-order valence-corrected chi connectivity index (χ1v) is 22.9. The summed E-state index contributed by atoms with van der Waals surface area (Å²) in [6, 6.07) is 13.1. The van der Waals surface area contributed by atoms with Crippen LogP contribution < -0.4 is 15.4 Å². The van der Waals surface area contributed by atoms with Gasteiger partial charge in [-0.25, -0.2) is 14.6 Å². The number of nitrogens with zero attached hydrogens (tertiary/aromatic N) is 4. The molecule has 15 heteroatoms. The summed E-state index contributed by atoms with van der Waals surface area (Å²) in [5.74, 6) is 1.16. The van der Waals surface area contributed by atoms with Crippen LogP contribution in [0.4, 0.5) is 15.3 Å². The van der Waals surface area contributed by atoms with Crippen LogP contribution in [0, 0.1) is 11.8 Å². The predicted molar refractivity (Wildman–Crippen MR) is 241 cm³/mol. The van der Waals surface area contributed by atoms with Crippen molar-refractivity contribution in [3.63, 3.8) is 0 Å². The summed E-state index contributed by atoms with van der Waals surface area (Å²) in [6.07, 6.45) is 6.68. The Hall–Kier alpha value is -5.96. The Morgan fingerprint density at radius 3 is 2.39 bits per heavy atom. The molecule has 0 aliphatic carbocycles. The Morgan fingerprint density at radius 1 is 0.875 bits per heavy atom. The first-order chi connectivity index (χ1) is 31.0. The van der Waals surface area contributed by atoms with Gasteiger partial charge in [-0.05, 0) is 121 Å². The van der Waals surface area contributed by atoms with E-state index in [0.29, 0.717) is 39.1 Å². The molecule has 5 aliphatic heterocycles. The highest BCUT2D eigenvalue weighted by Crippen LogP contribution is 2.45. The van der Waals surface area contributed by atoms with Crippen LogP contribution in [0.1, 0.15) is 95.6 Å². The number of rotatable bonds is 10. The van der Waals surface area contributed by atoms with Crippen molar-refractivity contribution in [1.29, 1.82) is 0 Å². The number of benzene rings is 3. The molecule has 0 spiro atoms. The van der Waals surface area contributed by atoms with Crippen LogP contribution in [0.25, 0.3) is 33.2 Å². The van der Waals surface area contributed by atoms with Gasteiger partial charge in [0, 0.05) is 43.0 Å². The number of aromatic nitrogens is 2. The van der Waals surface area contributed by atoms with Crippen LogP contribution in [-0.2, 0) is 36.8 Å². The van der Waals surface area contributed by atoms with Gasteiger partial charge in [0.1, 0.15) is 30.3 Å². The van der Waals surface area contributed by atoms with Crippen molar-refractivity contribution in [2.75, 3.05) is 27.4 Å². The predicted octanol–water partition coefficient (Wildman–Crippen LogP) is 7.77. The Labute approximate surface area is 373 Å². The maximum atomic E-state index is 14.4. The zero-order chi connectivity index (χ0) is 44.8. The van der Waals surface area contributed by atoms with E-state index in [1.807, 2.05) is 29.8 Å². The molecular formula is C49H59N7O8. The summed E-state index contributed by atoms with van der Waals surface area (Å²) in [5.41, 5.74) is 8.01. The van der Waals surface area contributed by atoms with Gasteiger partial charge in [0.2, 0.25) is 11.8 Å². The van der Waals surface area contributed by atoms with Crippen molar-refractivity contribution in [2.45, 2.75) is 122 Å². The summed E-state index contributed by atoms with van der Waals surface area (Å²) in [6.45, 7) is 9.52. The second kappa shape index (κ2) is 17.9. The fourth-order valence-electron chi connectivity index (χ4n) is 10.7. The fourth-order valence-corrected chi connectivity index (χ4v) is 10.7. The number of fused-ring (bicyclic) bond motifs is 6. The number of carbonyl (C=O) groups excluding carboxylic acids is 4. The molecule has 5 aliphatic rings. The first kappa shape index (κ1) is 43.3. The van der Waals surface area contributed by atoms with Gasteiger partial charge in [0.15, 0.2) is 0 Å². The van der Waals surface area contributed by atoms with Gasteiger partial charge in [-0.1, -0.05) is 39.0 Å². The average molecular weight is 874 g/mol. The van der Waals surface area contributed by atoms with Crippen molar-refractivity contribution in [2.24, 2.45) is 16.8 Å². The first-order valence-electron chi connectivity index (χ1n) is 22.9. The number of imidazole rings is 1. The minimum Gasteiger partial charge on any atom is -0.488 e. The Balaban J connectivity index is 0.938. The van der Waals surface area contributed by atoms with E-state index in [9.17, 15) is 19.2 Å². The molecule has 0 bridgehead atoms. The van der Waals surface area contributed by atoms with E-state index in [-0.39, 0.29) is 47.8 Å². The molecule has 3 fully saturated rings. The molecule has 3 saturated heterocycles. The lowest BCUT2D eigenvalue weighted by molar-refractivity contribution is -0.139. The number of alkyl carbamates (subject to hydrolysis) is 2. The molecule has 9 rings (SSSR count). The van der Waals surface area contributed by atoms with E-state index in [1.165, 1.54) is 14.2 Å². The van der Waals surface area contributed by atoms with Crippen LogP contribution in [0.3, 0.4) is 0 Å². The molecule has 4 amide bonds. The number of hydrogen-bond acceptors (Lipinski definition) is 10. The van der Waals surface area contributed by atoms with Gasteiger partial charge in [-0.15, -0.1) is 0 Å². The third kappa shape index (κ3) is 7.96. The second-order valence-corrected chi connectivity index (χ2v) is 18.3. The largest absolute Gasteiger partial charge is 0.488 e. The Kier molecular flexibility index (Phi) is 12.1. The number of likely N-dealkylation sites (tertiary alicyclic amines) is 2. The summed E-state index contributed by atoms with van der Waals surface area (Å²) in [7, 11) is 2.62. The van der Waals surface area contributed by atoms with E-state index in [2.05, 4.69) is 71.9 Å². The summed E-state index contributed by atoms with van der Waals surface area (Å²) in [4.78, 5) is 70.5. The molecule has 6 heterocycles. The number of methoxy groups -OCH3 is 2. The third-order valence-corrected chi connectivity index (χ3v) is 14.2. The minimum absolute atomic E-state index is 0.0121. The quantitative estimate of drug-likeness (QED) is 0.144. The highest BCUT2D eigenvalue weighted by molar-refractivity contribution is 6.06. The van der Waals surface area contributed by atoms with Gasteiger partial charge >= 0.3 is 12.2 Å².